The lowest BCUT2D eigenvalue weighted by atomic mass is 9.94. The minimum atomic E-state index is -0.0679. The number of hydrogen-bond acceptors (Lipinski definition) is 6. The maximum atomic E-state index is 5.84. The van der Waals surface area contributed by atoms with Crippen molar-refractivity contribution in [3.63, 3.8) is 0 Å². The molecular formula is C19H20N6O. The van der Waals surface area contributed by atoms with Crippen molar-refractivity contribution in [1.29, 1.82) is 0 Å². The van der Waals surface area contributed by atoms with Crippen LogP contribution in [0.4, 0.5) is 5.82 Å². The zero-order valence-corrected chi connectivity index (χ0v) is 15.0. The predicted octanol–water partition coefficient (Wildman–Crippen LogP) is 3.69. The molecule has 0 amide bonds. The van der Waals surface area contributed by atoms with E-state index in [4.69, 9.17) is 4.42 Å². The molecule has 4 rings (SSSR count). The molecule has 0 unspecified atom stereocenters. The van der Waals surface area contributed by atoms with Crippen molar-refractivity contribution < 1.29 is 4.42 Å². The van der Waals surface area contributed by atoms with Gasteiger partial charge in [0.1, 0.15) is 17.9 Å². The third-order valence-electron chi connectivity index (χ3n) is 4.03. The van der Waals surface area contributed by atoms with E-state index in [0.29, 0.717) is 18.2 Å². The summed E-state index contributed by atoms with van der Waals surface area (Å²) in [5, 5.41) is 7.57. The molecule has 0 aliphatic heterocycles. The van der Waals surface area contributed by atoms with Gasteiger partial charge in [-0.1, -0.05) is 51.1 Å². The van der Waals surface area contributed by atoms with Gasteiger partial charge in [0.2, 0.25) is 5.89 Å². The van der Waals surface area contributed by atoms with Crippen LogP contribution >= 0.6 is 0 Å². The SMILES string of the molecule is CC(C)(C)c1cnc(CNc2cc(-c3ccccc3)nc3ncnn23)o1. The summed E-state index contributed by atoms with van der Waals surface area (Å²) in [6, 6.07) is 11.9. The van der Waals surface area contributed by atoms with Gasteiger partial charge in [0.05, 0.1) is 18.4 Å². The summed E-state index contributed by atoms with van der Waals surface area (Å²) in [6.07, 6.45) is 3.27. The Balaban J connectivity index is 1.63. The molecule has 0 atom stereocenters. The molecule has 132 valence electrons. The number of rotatable bonds is 4. The van der Waals surface area contributed by atoms with Crippen LogP contribution in [0.2, 0.25) is 0 Å². The summed E-state index contributed by atoms with van der Waals surface area (Å²) in [6.45, 7) is 6.74. The lowest BCUT2D eigenvalue weighted by Crippen LogP contribution is -2.09. The number of nitrogens with one attached hydrogen (secondary N) is 1. The van der Waals surface area contributed by atoms with Crippen molar-refractivity contribution in [3.05, 3.63) is 60.6 Å². The predicted molar refractivity (Wildman–Crippen MR) is 98.7 cm³/mol. The highest BCUT2D eigenvalue weighted by atomic mass is 16.4. The molecule has 7 nitrogen and oxygen atoms in total. The average molecular weight is 348 g/mol. The van der Waals surface area contributed by atoms with E-state index in [9.17, 15) is 0 Å². The fourth-order valence-electron chi connectivity index (χ4n) is 2.60. The maximum absolute atomic E-state index is 5.84. The minimum absolute atomic E-state index is 0.0679. The second-order valence-corrected chi connectivity index (χ2v) is 7.09. The highest BCUT2D eigenvalue weighted by Crippen LogP contribution is 2.24. The topological polar surface area (TPSA) is 81.1 Å². The first kappa shape index (κ1) is 16.3. The Labute approximate surface area is 151 Å². The lowest BCUT2D eigenvalue weighted by molar-refractivity contribution is 0.385. The van der Waals surface area contributed by atoms with Gasteiger partial charge in [-0.3, -0.25) is 0 Å². The van der Waals surface area contributed by atoms with Crippen molar-refractivity contribution in [2.24, 2.45) is 0 Å². The standard InChI is InChI=1S/C19H20N6O/c1-19(2,3)15-10-21-17(26-15)11-20-16-9-14(13-7-5-4-6-8-13)24-18-22-12-23-25(16)18/h4-10,12,20H,11H2,1-3H3. The van der Waals surface area contributed by atoms with Crippen LogP contribution in [0.25, 0.3) is 17.0 Å². The van der Waals surface area contributed by atoms with Crippen LogP contribution in [-0.4, -0.2) is 24.6 Å². The number of anilines is 1. The van der Waals surface area contributed by atoms with Gasteiger partial charge < -0.3 is 9.73 Å². The van der Waals surface area contributed by atoms with Crippen molar-refractivity contribution in [3.8, 4) is 11.3 Å². The summed E-state index contributed by atoms with van der Waals surface area (Å²) in [7, 11) is 0. The Kier molecular flexibility index (Phi) is 3.91. The summed E-state index contributed by atoms with van der Waals surface area (Å²) in [5.41, 5.74) is 1.78. The van der Waals surface area contributed by atoms with E-state index >= 15 is 0 Å². The molecular weight excluding hydrogens is 328 g/mol. The van der Waals surface area contributed by atoms with Gasteiger partial charge in [-0.2, -0.15) is 14.6 Å². The van der Waals surface area contributed by atoms with Gasteiger partial charge in [-0.25, -0.2) is 9.97 Å². The molecule has 0 spiro atoms. The second-order valence-electron chi connectivity index (χ2n) is 7.09. The largest absolute Gasteiger partial charge is 0.443 e. The number of oxazole rings is 1. The van der Waals surface area contributed by atoms with Gasteiger partial charge >= 0.3 is 0 Å². The normalized spacial score (nSPS) is 11.8. The third kappa shape index (κ3) is 3.15. The van der Waals surface area contributed by atoms with Crippen molar-refractivity contribution in [2.75, 3.05) is 5.32 Å². The summed E-state index contributed by atoms with van der Waals surface area (Å²) < 4.78 is 7.51. The van der Waals surface area contributed by atoms with Gasteiger partial charge in [0.15, 0.2) is 0 Å². The molecule has 4 aromatic rings. The fourth-order valence-corrected chi connectivity index (χ4v) is 2.60. The Hall–Kier alpha value is -3.22. The molecule has 3 aromatic heterocycles. The number of aromatic nitrogens is 5. The van der Waals surface area contributed by atoms with Crippen LogP contribution in [0.5, 0.6) is 0 Å². The second kappa shape index (κ2) is 6.25. The Morgan fingerprint density at radius 3 is 2.65 bits per heavy atom. The number of nitrogens with zero attached hydrogens (tertiary/aromatic N) is 5. The van der Waals surface area contributed by atoms with Crippen LogP contribution in [0, 0.1) is 0 Å². The quantitative estimate of drug-likeness (QED) is 0.606. The molecule has 0 radical (unpaired) electrons. The first-order valence-electron chi connectivity index (χ1n) is 8.46. The van der Waals surface area contributed by atoms with Crippen LogP contribution in [0.15, 0.2) is 53.3 Å². The molecule has 7 heteroatoms. The molecule has 3 heterocycles. The summed E-state index contributed by atoms with van der Waals surface area (Å²) in [5.74, 6) is 2.81. The van der Waals surface area contributed by atoms with Crippen molar-refractivity contribution in [1.82, 2.24) is 24.6 Å². The number of benzene rings is 1. The molecule has 0 aliphatic rings. The monoisotopic (exact) mass is 348 g/mol. The van der Waals surface area contributed by atoms with E-state index in [1.165, 1.54) is 6.33 Å². The van der Waals surface area contributed by atoms with Gasteiger partial charge in [-0.05, 0) is 0 Å². The molecule has 0 saturated carbocycles. The molecule has 0 saturated heterocycles. The van der Waals surface area contributed by atoms with E-state index in [0.717, 1.165) is 22.8 Å². The molecule has 26 heavy (non-hydrogen) atoms. The highest BCUT2D eigenvalue weighted by molar-refractivity contribution is 5.65. The first-order chi connectivity index (χ1) is 12.5. The molecule has 0 aliphatic carbocycles. The smallest absolute Gasteiger partial charge is 0.254 e. The Morgan fingerprint density at radius 1 is 1.12 bits per heavy atom. The first-order valence-corrected chi connectivity index (χ1v) is 8.46. The molecule has 1 N–H and O–H groups in total. The van der Waals surface area contributed by atoms with E-state index in [-0.39, 0.29) is 5.41 Å². The summed E-state index contributed by atoms with van der Waals surface area (Å²) in [4.78, 5) is 13.1. The van der Waals surface area contributed by atoms with Crippen LogP contribution in [-0.2, 0) is 12.0 Å². The molecule has 1 aromatic carbocycles. The van der Waals surface area contributed by atoms with E-state index in [1.807, 2.05) is 36.4 Å². The van der Waals surface area contributed by atoms with Crippen LogP contribution in [0.3, 0.4) is 0 Å². The van der Waals surface area contributed by atoms with Gasteiger partial charge in [0.25, 0.3) is 5.78 Å². The zero-order valence-electron chi connectivity index (χ0n) is 15.0. The summed E-state index contributed by atoms with van der Waals surface area (Å²) >= 11 is 0. The van der Waals surface area contributed by atoms with E-state index < -0.39 is 0 Å². The Morgan fingerprint density at radius 2 is 1.92 bits per heavy atom. The van der Waals surface area contributed by atoms with E-state index in [1.54, 1.807) is 10.7 Å². The van der Waals surface area contributed by atoms with Crippen molar-refractivity contribution >= 4 is 11.6 Å². The fraction of sp³-hybridized carbons (Fsp3) is 0.263. The van der Waals surface area contributed by atoms with Gasteiger partial charge in [-0.15, -0.1) is 0 Å². The van der Waals surface area contributed by atoms with Crippen LogP contribution in [0.1, 0.15) is 32.4 Å². The number of fused-ring (bicyclic) bond motifs is 1. The van der Waals surface area contributed by atoms with Gasteiger partial charge in [0, 0.05) is 17.0 Å². The maximum Gasteiger partial charge on any atom is 0.254 e. The average Bonchev–Trinajstić information content (AvgIpc) is 3.29. The van der Waals surface area contributed by atoms with E-state index in [2.05, 4.69) is 46.1 Å². The minimum Gasteiger partial charge on any atom is -0.443 e. The molecule has 0 fully saturated rings. The van der Waals surface area contributed by atoms with Crippen LogP contribution < -0.4 is 5.32 Å². The third-order valence-corrected chi connectivity index (χ3v) is 4.03. The number of hydrogen-bond donors (Lipinski definition) is 1. The Bertz CT molecular complexity index is 1030. The zero-order chi connectivity index (χ0) is 18.1. The van der Waals surface area contributed by atoms with Crippen molar-refractivity contribution in [2.45, 2.75) is 32.7 Å². The highest BCUT2D eigenvalue weighted by Gasteiger charge is 2.19. The lowest BCUT2D eigenvalue weighted by Gasteiger charge is -2.13. The molecule has 0 bridgehead atoms.